The summed E-state index contributed by atoms with van der Waals surface area (Å²) in [4.78, 5) is 13.0. The van der Waals surface area contributed by atoms with Gasteiger partial charge in [0.25, 0.3) is 5.91 Å². The second-order valence-corrected chi connectivity index (χ2v) is 13.3. The monoisotopic (exact) mass is 638 g/mol. The zero-order valence-electron chi connectivity index (χ0n) is 22.6. The number of carbonyl (C=O) groups is 1. The van der Waals surface area contributed by atoms with E-state index >= 15 is 0 Å². The van der Waals surface area contributed by atoms with Gasteiger partial charge in [0.1, 0.15) is 5.69 Å². The van der Waals surface area contributed by atoms with Gasteiger partial charge in [-0.1, -0.05) is 28.9 Å². The fourth-order valence-corrected chi connectivity index (χ4v) is 5.34. The van der Waals surface area contributed by atoms with Crippen molar-refractivity contribution < 1.29 is 21.6 Å². The number of hydrogen-bond donors (Lipinski definition) is 2. The maximum absolute atomic E-state index is 12.9. The van der Waals surface area contributed by atoms with E-state index in [0.717, 1.165) is 11.8 Å². The van der Waals surface area contributed by atoms with E-state index in [1.54, 1.807) is 54.2 Å². The lowest BCUT2D eigenvalue weighted by Crippen LogP contribution is -2.19. The first-order valence-corrected chi connectivity index (χ1v) is 16.2. The molecule has 0 atom stereocenters. The Morgan fingerprint density at radius 1 is 0.930 bits per heavy atom. The van der Waals surface area contributed by atoms with E-state index in [1.807, 2.05) is 0 Å². The van der Waals surface area contributed by atoms with Gasteiger partial charge in [0.2, 0.25) is 10.0 Å². The molecule has 0 fully saturated rings. The molecular weight excluding hydrogens is 616 g/mol. The Bertz CT molecular complexity index is 2070. The van der Waals surface area contributed by atoms with Crippen molar-refractivity contribution in [2.75, 3.05) is 6.26 Å². The molecule has 3 N–H and O–H groups in total. The molecule has 5 rings (SSSR count). The number of benzene rings is 3. The molecule has 2 heterocycles. The van der Waals surface area contributed by atoms with Gasteiger partial charge in [0.15, 0.2) is 15.5 Å². The van der Waals surface area contributed by atoms with Crippen LogP contribution in [-0.4, -0.2) is 60.0 Å². The van der Waals surface area contributed by atoms with E-state index in [-0.39, 0.29) is 15.5 Å². The molecule has 2 aromatic heterocycles. The summed E-state index contributed by atoms with van der Waals surface area (Å²) in [6, 6.07) is 18.9. The average molecular weight is 639 g/mol. The molecular formula is C27H23ClN8O5S2. The predicted octanol–water partition coefficient (Wildman–Crippen LogP) is 2.90. The van der Waals surface area contributed by atoms with Crippen molar-refractivity contribution in [2.24, 2.45) is 10.2 Å². The number of nitrogens with zero attached hydrogens (tertiary/aromatic N) is 6. The molecule has 0 saturated heterocycles. The van der Waals surface area contributed by atoms with Crippen molar-refractivity contribution in [3.63, 3.8) is 0 Å². The number of carbonyl (C=O) groups excluding carboxylic acids is 1. The topological polar surface area (TPSA) is 184 Å². The van der Waals surface area contributed by atoms with Gasteiger partial charge in [-0.05, 0) is 67.6 Å². The zero-order chi connectivity index (χ0) is 30.9. The molecule has 0 aliphatic heterocycles. The number of amides is 1. The Kier molecular flexibility index (Phi) is 7.98. The standard InChI is InChI=1S/C27H23ClN8O5S2/c1-17-25(31-34-36(17)22-9-13-24(14-10-22)43(29,40)41)27(37)32-30-15-19-16-35(21-7-11-23(12-8-21)42(2,38)39)33-26(19)18-3-5-20(28)6-4-18/h3-16H,1-2H3,(H,32,37)(H2,29,40,41)/b30-15+. The molecule has 5 aromatic rings. The first-order valence-electron chi connectivity index (χ1n) is 12.4. The highest BCUT2D eigenvalue weighted by Gasteiger charge is 2.18. The van der Waals surface area contributed by atoms with Gasteiger partial charge in [-0.3, -0.25) is 4.79 Å². The summed E-state index contributed by atoms with van der Waals surface area (Å²) >= 11 is 6.06. The number of rotatable bonds is 8. The predicted molar refractivity (Wildman–Crippen MR) is 160 cm³/mol. The number of hydrazone groups is 1. The van der Waals surface area contributed by atoms with Crippen molar-refractivity contribution in [2.45, 2.75) is 16.7 Å². The van der Waals surface area contributed by atoms with Gasteiger partial charge < -0.3 is 0 Å². The highest BCUT2D eigenvalue weighted by molar-refractivity contribution is 7.90. The highest BCUT2D eigenvalue weighted by Crippen LogP contribution is 2.25. The van der Waals surface area contributed by atoms with E-state index in [4.69, 9.17) is 16.7 Å². The van der Waals surface area contributed by atoms with E-state index in [9.17, 15) is 21.6 Å². The van der Waals surface area contributed by atoms with Crippen LogP contribution in [0, 0.1) is 6.92 Å². The highest BCUT2D eigenvalue weighted by atomic mass is 35.5. The second kappa shape index (κ2) is 11.5. The van der Waals surface area contributed by atoms with Crippen LogP contribution in [0.15, 0.2) is 93.9 Å². The maximum Gasteiger partial charge on any atom is 0.293 e. The van der Waals surface area contributed by atoms with Crippen molar-refractivity contribution in [1.29, 1.82) is 0 Å². The van der Waals surface area contributed by atoms with Crippen LogP contribution in [0.2, 0.25) is 5.02 Å². The molecule has 16 heteroatoms. The maximum atomic E-state index is 12.9. The summed E-state index contributed by atoms with van der Waals surface area (Å²) in [6.45, 7) is 1.63. The van der Waals surface area contributed by atoms with Crippen molar-refractivity contribution >= 4 is 43.6 Å². The zero-order valence-corrected chi connectivity index (χ0v) is 25.0. The molecule has 0 unspecified atom stereocenters. The number of sulfonamides is 1. The van der Waals surface area contributed by atoms with Crippen LogP contribution < -0.4 is 10.6 Å². The number of primary sulfonamides is 1. The lowest BCUT2D eigenvalue weighted by molar-refractivity contribution is 0.0949. The third-order valence-corrected chi connectivity index (χ3v) is 8.59. The summed E-state index contributed by atoms with van der Waals surface area (Å²) < 4.78 is 49.7. The second-order valence-electron chi connectivity index (χ2n) is 9.32. The normalized spacial score (nSPS) is 12.1. The van der Waals surface area contributed by atoms with Crippen LogP contribution in [0.5, 0.6) is 0 Å². The summed E-state index contributed by atoms with van der Waals surface area (Å²) in [5.41, 5.74) is 5.73. The minimum Gasteiger partial charge on any atom is -0.265 e. The molecule has 13 nitrogen and oxygen atoms in total. The van der Waals surface area contributed by atoms with Gasteiger partial charge in [-0.15, -0.1) is 5.10 Å². The largest absolute Gasteiger partial charge is 0.293 e. The number of sulfone groups is 1. The quantitative estimate of drug-likeness (QED) is 0.192. The molecule has 0 bridgehead atoms. The Morgan fingerprint density at radius 2 is 1.53 bits per heavy atom. The minimum absolute atomic E-state index is 0.00672. The van der Waals surface area contributed by atoms with Crippen LogP contribution in [-0.2, 0) is 19.9 Å². The third-order valence-electron chi connectivity index (χ3n) is 6.28. The molecule has 0 aliphatic rings. The Hall–Kier alpha value is -4.70. The van der Waals surface area contributed by atoms with Crippen LogP contribution >= 0.6 is 11.6 Å². The molecule has 0 saturated carbocycles. The molecule has 3 aromatic carbocycles. The smallest absolute Gasteiger partial charge is 0.265 e. The van der Waals surface area contributed by atoms with Gasteiger partial charge in [-0.2, -0.15) is 10.2 Å². The van der Waals surface area contributed by atoms with Crippen LogP contribution in [0.25, 0.3) is 22.6 Å². The van der Waals surface area contributed by atoms with E-state index in [1.165, 1.54) is 47.3 Å². The summed E-state index contributed by atoms with van der Waals surface area (Å²) in [5, 5.41) is 22.4. The molecule has 0 spiro atoms. The van der Waals surface area contributed by atoms with Crippen LogP contribution in [0.3, 0.4) is 0 Å². The van der Waals surface area contributed by atoms with Gasteiger partial charge >= 0.3 is 0 Å². The average Bonchev–Trinajstić information content (AvgIpc) is 3.56. The third kappa shape index (κ3) is 6.54. The molecule has 43 heavy (non-hydrogen) atoms. The van der Waals surface area contributed by atoms with E-state index < -0.39 is 25.8 Å². The first-order chi connectivity index (χ1) is 20.3. The molecule has 220 valence electrons. The number of nitrogens with two attached hydrogens (primary N) is 1. The number of hydrogen-bond acceptors (Lipinski definition) is 9. The minimum atomic E-state index is -3.86. The van der Waals surface area contributed by atoms with E-state index in [0.29, 0.717) is 33.3 Å². The Morgan fingerprint density at radius 3 is 2.14 bits per heavy atom. The lowest BCUT2D eigenvalue weighted by Gasteiger charge is -2.04. The number of halogens is 1. The Labute approximate surface area is 251 Å². The van der Waals surface area contributed by atoms with E-state index in [2.05, 4.69) is 25.9 Å². The summed E-state index contributed by atoms with van der Waals surface area (Å²) in [5.74, 6) is -0.627. The van der Waals surface area contributed by atoms with Crippen molar-refractivity contribution in [1.82, 2.24) is 30.2 Å². The van der Waals surface area contributed by atoms with Crippen molar-refractivity contribution in [3.8, 4) is 22.6 Å². The lowest BCUT2D eigenvalue weighted by atomic mass is 10.1. The van der Waals surface area contributed by atoms with Crippen LogP contribution in [0.4, 0.5) is 0 Å². The van der Waals surface area contributed by atoms with Gasteiger partial charge in [0, 0.05) is 28.6 Å². The molecule has 0 aliphatic carbocycles. The SMILES string of the molecule is Cc1c(C(=O)N/N=C/c2cn(-c3ccc(S(C)(=O)=O)cc3)nc2-c2ccc(Cl)cc2)nnn1-c1ccc(S(N)(=O)=O)cc1. The fourth-order valence-electron chi connectivity index (χ4n) is 4.07. The number of aromatic nitrogens is 5. The molecule has 0 radical (unpaired) electrons. The summed E-state index contributed by atoms with van der Waals surface area (Å²) in [6.07, 6.45) is 4.23. The fraction of sp³-hybridized carbons (Fsp3) is 0.0741. The van der Waals surface area contributed by atoms with Gasteiger partial charge in [0.05, 0.1) is 33.1 Å². The van der Waals surface area contributed by atoms with Crippen LogP contribution in [0.1, 0.15) is 21.7 Å². The van der Waals surface area contributed by atoms with Gasteiger partial charge in [-0.25, -0.2) is 36.8 Å². The first kappa shape index (κ1) is 29.8. The van der Waals surface area contributed by atoms with Crippen molar-refractivity contribution in [3.05, 3.63) is 101 Å². The Balaban J connectivity index is 1.40. The summed E-state index contributed by atoms with van der Waals surface area (Å²) in [7, 11) is -7.22. The molecule has 1 amide bonds. The number of nitrogens with one attached hydrogen (secondary N) is 1.